The number of carbonyl (C=O) groups is 2. The number of ether oxygens (including phenoxy) is 1. The number of carbonyl (C=O) groups excluding carboxylic acids is 2. The molecule has 2 atom stereocenters. The summed E-state index contributed by atoms with van der Waals surface area (Å²) < 4.78 is 4.57. The maximum absolute atomic E-state index is 11.8. The first kappa shape index (κ1) is 24.5. The summed E-state index contributed by atoms with van der Waals surface area (Å²) in [4.78, 5) is 22.7. The molecule has 0 aromatic heterocycles. The highest BCUT2D eigenvalue weighted by Gasteiger charge is 2.18. The van der Waals surface area contributed by atoms with Crippen LogP contribution in [-0.2, 0) is 14.3 Å². The predicted molar refractivity (Wildman–Crippen MR) is 104 cm³/mol. The summed E-state index contributed by atoms with van der Waals surface area (Å²) in [6.45, 7) is 2.08. The van der Waals surface area contributed by atoms with Gasteiger partial charge in [-0.25, -0.2) is 0 Å². The molecule has 0 rings (SSSR count). The van der Waals surface area contributed by atoms with Crippen LogP contribution in [0.4, 0.5) is 0 Å². The Morgan fingerprint density at radius 1 is 0.962 bits per heavy atom. The fraction of sp³-hybridized carbons (Fsp3) is 0.714. The highest BCUT2D eigenvalue weighted by Crippen LogP contribution is 2.10. The average Bonchev–Trinajstić information content (AvgIpc) is 2.62. The van der Waals surface area contributed by atoms with E-state index in [0.29, 0.717) is 25.7 Å². The van der Waals surface area contributed by atoms with E-state index in [9.17, 15) is 19.8 Å². The normalized spacial score (nSPS) is 14.0. The van der Waals surface area contributed by atoms with Crippen LogP contribution in [0.2, 0.25) is 0 Å². The molecule has 0 spiro atoms. The van der Waals surface area contributed by atoms with Gasteiger partial charge in [0, 0.05) is 12.8 Å². The molecule has 0 aliphatic rings. The van der Waals surface area contributed by atoms with Gasteiger partial charge in [-0.15, -0.1) is 0 Å². The number of methoxy groups -OCH3 is 1. The molecule has 0 aromatic carbocycles. The van der Waals surface area contributed by atoms with Gasteiger partial charge in [0.1, 0.15) is 6.10 Å². The highest BCUT2D eigenvalue weighted by molar-refractivity contribution is 5.83. The zero-order valence-electron chi connectivity index (χ0n) is 16.4. The van der Waals surface area contributed by atoms with Gasteiger partial charge < -0.3 is 14.9 Å². The summed E-state index contributed by atoms with van der Waals surface area (Å²) in [6.07, 6.45) is 14.0. The third kappa shape index (κ3) is 14.8. The molecular weight excluding hydrogens is 332 g/mol. The summed E-state index contributed by atoms with van der Waals surface area (Å²) in [5.74, 6) is -0.434. The molecule has 2 unspecified atom stereocenters. The van der Waals surface area contributed by atoms with E-state index in [1.807, 2.05) is 24.3 Å². The topological polar surface area (TPSA) is 83.8 Å². The summed E-state index contributed by atoms with van der Waals surface area (Å²) in [6, 6.07) is 0. The first-order valence-electron chi connectivity index (χ1n) is 9.76. The summed E-state index contributed by atoms with van der Waals surface area (Å²) >= 11 is 0. The van der Waals surface area contributed by atoms with Crippen LogP contribution in [-0.4, -0.2) is 41.3 Å². The van der Waals surface area contributed by atoms with Gasteiger partial charge in [0.15, 0.2) is 5.78 Å². The van der Waals surface area contributed by atoms with Gasteiger partial charge in [0.05, 0.1) is 13.2 Å². The van der Waals surface area contributed by atoms with Crippen molar-refractivity contribution in [1.82, 2.24) is 0 Å². The summed E-state index contributed by atoms with van der Waals surface area (Å²) in [7, 11) is 1.39. The number of allylic oxidation sites excluding steroid dienone is 4. The zero-order chi connectivity index (χ0) is 19.6. The first-order valence-corrected chi connectivity index (χ1v) is 9.76. The van der Waals surface area contributed by atoms with E-state index in [-0.39, 0.29) is 18.2 Å². The number of Topliss-reactive ketones (excluding diaryl/α,β-unsaturated/α-hetero) is 1. The van der Waals surface area contributed by atoms with E-state index in [1.54, 1.807) is 0 Å². The second-order valence-electron chi connectivity index (χ2n) is 6.56. The lowest BCUT2D eigenvalue weighted by atomic mass is 10.0. The van der Waals surface area contributed by atoms with Gasteiger partial charge in [-0.2, -0.15) is 0 Å². The van der Waals surface area contributed by atoms with Crippen molar-refractivity contribution in [2.24, 2.45) is 0 Å². The van der Waals surface area contributed by atoms with Crippen LogP contribution in [0.5, 0.6) is 0 Å². The quantitative estimate of drug-likeness (QED) is 0.245. The SMILES string of the molecule is CCCCCC(O)C(=O)CC(O)CCC=CCC=CCCCC(=O)OC. The largest absolute Gasteiger partial charge is 0.469 e. The Balaban J connectivity index is 3.70. The predicted octanol–water partition coefficient (Wildman–Crippen LogP) is 3.87. The second kappa shape index (κ2) is 17.0. The molecule has 0 radical (unpaired) electrons. The maximum Gasteiger partial charge on any atom is 0.305 e. The Hall–Kier alpha value is -1.46. The number of hydrogen-bond donors (Lipinski definition) is 2. The molecule has 0 heterocycles. The van der Waals surface area contributed by atoms with Crippen molar-refractivity contribution in [1.29, 1.82) is 0 Å². The summed E-state index contributed by atoms with van der Waals surface area (Å²) in [5.41, 5.74) is 0. The lowest BCUT2D eigenvalue weighted by molar-refractivity contribution is -0.140. The van der Waals surface area contributed by atoms with Crippen molar-refractivity contribution in [3.8, 4) is 0 Å². The fourth-order valence-corrected chi connectivity index (χ4v) is 2.48. The fourth-order valence-electron chi connectivity index (χ4n) is 2.48. The first-order chi connectivity index (χ1) is 12.5. The summed E-state index contributed by atoms with van der Waals surface area (Å²) in [5, 5.41) is 19.6. The van der Waals surface area contributed by atoms with Gasteiger partial charge in [-0.05, 0) is 38.5 Å². The number of aliphatic hydroxyl groups is 2. The number of aliphatic hydroxyl groups excluding tert-OH is 2. The van der Waals surface area contributed by atoms with Gasteiger partial charge >= 0.3 is 5.97 Å². The molecule has 0 fully saturated rings. The van der Waals surface area contributed by atoms with E-state index in [4.69, 9.17) is 0 Å². The number of esters is 1. The van der Waals surface area contributed by atoms with E-state index >= 15 is 0 Å². The van der Waals surface area contributed by atoms with Crippen LogP contribution >= 0.6 is 0 Å². The molecule has 0 saturated carbocycles. The lowest BCUT2D eigenvalue weighted by Gasteiger charge is -2.12. The van der Waals surface area contributed by atoms with E-state index in [0.717, 1.165) is 38.5 Å². The van der Waals surface area contributed by atoms with Crippen molar-refractivity contribution >= 4 is 11.8 Å². The van der Waals surface area contributed by atoms with Crippen LogP contribution in [0.1, 0.15) is 77.6 Å². The molecule has 5 nitrogen and oxygen atoms in total. The minimum Gasteiger partial charge on any atom is -0.469 e. The zero-order valence-corrected chi connectivity index (χ0v) is 16.4. The number of unbranched alkanes of at least 4 members (excludes halogenated alkanes) is 3. The molecule has 0 aliphatic carbocycles. The molecule has 2 N–H and O–H groups in total. The number of hydrogen-bond acceptors (Lipinski definition) is 5. The molecule has 0 aliphatic heterocycles. The third-order valence-corrected chi connectivity index (χ3v) is 4.14. The molecule has 150 valence electrons. The monoisotopic (exact) mass is 368 g/mol. The van der Waals surface area contributed by atoms with Crippen LogP contribution in [0.15, 0.2) is 24.3 Å². The van der Waals surface area contributed by atoms with E-state index < -0.39 is 12.2 Å². The Bertz CT molecular complexity index is 428. The minimum absolute atomic E-state index is 0.0290. The molecule has 0 saturated heterocycles. The Labute approximate surface area is 158 Å². The molecule has 0 amide bonds. The Morgan fingerprint density at radius 2 is 1.65 bits per heavy atom. The minimum atomic E-state index is -0.934. The number of rotatable bonds is 16. The van der Waals surface area contributed by atoms with Crippen molar-refractivity contribution in [2.75, 3.05) is 7.11 Å². The standard InChI is InChI=1S/C21H36O5/c1-3-4-11-15-19(23)20(24)17-18(22)14-12-9-7-5-6-8-10-13-16-21(25)26-2/h6-9,18-19,22-23H,3-5,10-17H2,1-2H3. The van der Waals surface area contributed by atoms with Crippen LogP contribution < -0.4 is 0 Å². The molecule has 5 heteroatoms. The number of ketones is 1. The molecule has 26 heavy (non-hydrogen) atoms. The maximum atomic E-state index is 11.8. The molecule has 0 bridgehead atoms. The molecule has 0 aromatic rings. The lowest BCUT2D eigenvalue weighted by Crippen LogP contribution is -2.25. The van der Waals surface area contributed by atoms with E-state index in [1.165, 1.54) is 7.11 Å². The van der Waals surface area contributed by atoms with Crippen molar-refractivity contribution in [2.45, 2.75) is 89.8 Å². The van der Waals surface area contributed by atoms with Crippen LogP contribution in [0.3, 0.4) is 0 Å². The average molecular weight is 369 g/mol. The smallest absolute Gasteiger partial charge is 0.305 e. The van der Waals surface area contributed by atoms with E-state index in [2.05, 4.69) is 11.7 Å². The third-order valence-electron chi connectivity index (χ3n) is 4.14. The molecular formula is C21H36O5. The van der Waals surface area contributed by atoms with Crippen molar-refractivity contribution in [3.63, 3.8) is 0 Å². The van der Waals surface area contributed by atoms with Crippen molar-refractivity contribution in [3.05, 3.63) is 24.3 Å². The van der Waals surface area contributed by atoms with Crippen LogP contribution in [0, 0.1) is 0 Å². The second-order valence-corrected chi connectivity index (χ2v) is 6.56. The Morgan fingerprint density at radius 3 is 2.31 bits per heavy atom. The van der Waals surface area contributed by atoms with Gasteiger partial charge in [0.25, 0.3) is 0 Å². The van der Waals surface area contributed by atoms with Gasteiger partial charge in [-0.1, -0.05) is 50.5 Å². The Kier molecular flexibility index (Phi) is 16.0. The van der Waals surface area contributed by atoms with Crippen LogP contribution in [0.25, 0.3) is 0 Å². The van der Waals surface area contributed by atoms with Crippen molar-refractivity contribution < 1.29 is 24.5 Å². The van der Waals surface area contributed by atoms with Gasteiger partial charge in [-0.3, -0.25) is 9.59 Å². The van der Waals surface area contributed by atoms with Gasteiger partial charge in [0.2, 0.25) is 0 Å². The highest BCUT2D eigenvalue weighted by atomic mass is 16.5.